The lowest BCUT2D eigenvalue weighted by Gasteiger charge is -2.11. The topological polar surface area (TPSA) is 99.1 Å². The summed E-state index contributed by atoms with van der Waals surface area (Å²) in [5.74, 6) is -0.539. The molecule has 0 fully saturated rings. The number of aryl methyl sites for hydroxylation is 1. The number of alkyl halides is 5. The number of rotatable bonds is 5. The van der Waals surface area contributed by atoms with E-state index >= 15 is 0 Å². The zero-order valence-corrected chi connectivity index (χ0v) is 19.5. The summed E-state index contributed by atoms with van der Waals surface area (Å²) in [6.07, 6.45) is -5.02. The van der Waals surface area contributed by atoms with Crippen LogP contribution in [0.25, 0.3) is 11.4 Å². The Labute approximate surface area is 197 Å². The number of esters is 1. The minimum atomic E-state index is -4.65. The molecule has 7 nitrogen and oxygen atoms in total. The predicted molar refractivity (Wildman–Crippen MR) is 115 cm³/mol. The van der Waals surface area contributed by atoms with Crippen LogP contribution in [0.4, 0.5) is 22.0 Å². The third-order valence-electron chi connectivity index (χ3n) is 4.28. The van der Waals surface area contributed by atoms with Crippen LogP contribution in [0.2, 0.25) is 0 Å². The molecule has 0 saturated carbocycles. The molecule has 3 aromatic rings. The number of hydrogen-bond acceptors (Lipinski definition) is 7. The lowest BCUT2D eigenvalue weighted by Crippen LogP contribution is -2.11. The molecule has 0 spiro atoms. The Morgan fingerprint density at radius 2 is 1.74 bits per heavy atom. The highest BCUT2D eigenvalue weighted by atomic mass is 32.2. The Balaban J connectivity index is 0.000000258. The summed E-state index contributed by atoms with van der Waals surface area (Å²) < 4.78 is 90.6. The summed E-state index contributed by atoms with van der Waals surface area (Å²) >= 11 is 0. The van der Waals surface area contributed by atoms with Gasteiger partial charge in [0.05, 0.1) is 28.5 Å². The summed E-state index contributed by atoms with van der Waals surface area (Å²) in [6.45, 7) is 3.42. The van der Waals surface area contributed by atoms with Crippen LogP contribution in [0.15, 0.2) is 53.6 Å². The first-order valence-corrected chi connectivity index (χ1v) is 11.8. The molecule has 0 aliphatic heterocycles. The average molecular weight is 517 g/mol. The van der Waals surface area contributed by atoms with Crippen LogP contribution in [0.3, 0.4) is 0 Å². The number of aromatic nitrogens is 3. The number of pyridine rings is 3. The highest BCUT2D eigenvalue weighted by Crippen LogP contribution is 2.32. The summed E-state index contributed by atoms with van der Waals surface area (Å²) in [4.78, 5) is 21.9. The van der Waals surface area contributed by atoms with Crippen molar-refractivity contribution in [1.82, 2.24) is 15.0 Å². The molecule has 0 aromatic carbocycles. The van der Waals surface area contributed by atoms with Crippen molar-refractivity contribution in [3.63, 3.8) is 0 Å². The van der Waals surface area contributed by atoms with E-state index in [-0.39, 0.29) is 39.8 Å². The second-order valence-electron chi connectivity index (χ2n) is 6.92. The first kappa shape index (κ1) is 27.8. The second kappa shape index (κ2) is 11.3. The molecule has 0 unspecified atom stereocenters. The van der Waals surface area contributed by atoms with Gasteiger partial charge < -0.3 is 4.74 Å². The first-order chi connectivity index (χ1) is 16.3. The van der Waals surface area contributed by atoms with Gasteiger partial charge in [-0.25, -0.2) is 27.0 Å². The molecule has 35 heavy (non-hydrogen) atoms. The average Bonchev–Trinajstić information content (AvgIpc) is 2.78. The van der Waals surface area contributed by atoms with Gasteiger partial charge in [0.15, 0.2) is 9.84 Å². The SMILES string of the molecule is CCOC(=O)c1ccc(C(F)F)nc1C.CS(=O)(=O)c1ccc(C(F)(F)F)nc1-c1ccccn1. The van der Waals surface area contributed by atoms with Gasteiger partial charge in [-0.3, -0.25) is 9.97 Å². The molecule has 0 N–H and O–H groups in total. The van der Waals surface area contributed by atoms with E-state index in [1.807, 2.05) is 0 Å². The van der Waals surface area contributed by atoms with Crippen molar-refractivity contribution in [2.45, 2.75) is 31.3 Å². The van der Waals surface area contributed by atoms with Gasteiger partial charge in [-0.15, -0.1) is 0 Å². The number of halogens is 5. The van der Waals surface area contributed by atoms with E-state index in [1.165, 1.54) is 31.3 Å². The first-order valence-electron chi connectivity index (χ1n) is 9.88. The summed E-state index contributed by atoms with van der Waals surface area (Å²) in [7, 11) is -3.71. The van der Waals surface area contributed by atoms with Crippen LogP contribution in [0, 0.1) is 6.92 Å². The number of sulfone groups is 1. The standard InChI is InChI=1S/C12H9F3N2O2S.C10H11F2NO2/c1-20(18,19)9-5-6-10(12(13,14)15)17-11(9)8-4-2-3-7-16-8;1-3-15-10(14)7-4-5-8(9(11)12)13-6(7)2/h2-7H,1H3;4-5,9H,3H2,1-2H3. The highest BCUT2D eigenvalue weighted by molar-refractivity contribution is 7.90. The zero-order chi connectivity index (χ0) is 26.4. The van der Waals surface area contributed by atoms with Gasteiger partial charge in [0.2, 0.25) is 0 Å². The van der Waals surface area contributed by atoms with Gasteiger partial charge in [-0.1, -0.05) is 6.07 Å². The van der Waals surface area contributed by atoms with Gasteiger partial charge in [-0.2, -0.15) is 13.2 Å². The largest absolute Gasteiger partial charge is 0.462 e. The van der Waals surface area contributed by atoms with Gasteiger partial charge in [-0.05, 0) is 50.2 Å². The van der Waals surface area contributed by atoms with E-state index in [4.69, 9.17) is 4.74 Å². The van der Waals surface area contributed by atoms with E-state index in [0.29, 0.717) is 6.07 Å². The molecule has 0 radical (unpaired) electrons. The van der Waals surface area contributed by atoms with Crippen molar-refractivity contribution in [3.8, 4) is 11.4 Å². The number of hydrogen-bond donors (Lipinski definition) is 0. The number of carbonyl (C=O) groups is 1. The van der Waals surface area contributed by atoms with Crippen molar-refractivity contribution in [2.24, 2.45) is 0 Å². The molecule has 3 rings (SSSR count). The molecule has 3 aromatic heterocycles. The van der Waals surface area contributed by atoms with Crippen LogP contribution in [0.5, 0.6) is 0 Å². The number of nitrogens with zero attached hydrogens (tertiary/aromatic N) is 3. The van der Waals surface area contributed by atoms with Crippen molar-refractivity contribution in [3.05, 3.63) is 71.3 Å². The van der Waals surface area contributed by atoms with E-state index in [1.54, 1.807) is 13.0 Å². The van der Waals surface area contributed by atoms with Crippen LogP contribution in [-0.2, 0) is 20.8 Å². The maximum atomic E-state index is 12.7. The lowest BCUT2D eigenvalue weighted by atomic mass is 10.2. The highest BCUT2D eigenvalue weighted by Gasteiger charge is 2.34. The van der Waals surface area contributed by atoms with Crippen LogP contribution in [0.1, 0.15) is 40.8 Å². The quantitative estimate of drug-likeness (QED) is 0.344. The summed E-state index contributed by atoms with van der Waals surface area (Å²) in [6, 6.07) is 8.48. The Kier molecular flexibility index (Phi) is 8.96. The smallest absolute Gasteiger partial charge is 0.433 e. The molecule has 188 valence electrons. The minimum absolute atomic E-state index is 0.0685. The minimum Gasteiger partial charge on any atom is -0.462 e. The molecule has 0 aliphatic rings. The van der Waals surface area contributed by atoms with Gasteiger partial charge >= 0.3 is 12.1 Å². The zero-order valence-electron chi connectivity index (χ0n) is 18.7. The molecule has 13 heteroatoms. The molecule has 0 saturated heterocycles. The van der Waals surface area contributed by atoms with E-state index in [9.17, 15) is 35.2 Å². The van der Waals surface area contributed by atoms with Gasteiger partial charge in [0.25, 0.3) is 6.43 Å². The fourth-order valence-corrected chi connectivity index (χ4v) is 3.53. The Hall–Kier alpha value is -3.48. The van der Waals surface area contributed by atoms with Crippen molar-refractivity contribution in [1.29, 1.82) is 0 Å². The molecule has 0 bridgehead atoms. The van der Waals surface area contributed by atoms with Crippen LogP contribution >= 0.6 is 0 Å². The maximum absolute atomic E-state index is 12.7. The number of ether oxygens (including phenoxy) is 1. The van der Waals surface area contributed by atoms with Crippen molar-refractivity contribution >= 4 is 15.8 Å². The fraction of sp³-hybridized carbons (Fsp3) is 0.273. The Morgan fingerprint density at radius 3 is 2.23 bits per heavy atom. The summed E-state index contributed by atoms with van der Waals surface area (Å²) in [5, 5.41) is 0. The summed E-state index contributed by atoms with van der Waals surface area (Å²) in [5.41, 5.74) is -1.25. The molecule has 0 amide bonds. The Morgan fingerprint density at radius 1 is 1.06 bits per heavy atom. The monoisotopic (exact) mass is 517 g/mol. The normalized spacial score (nSPS) is 11.6. The molecule has 0 atom stereocenters. The van der Waals surface area contributed by atoms with E-state index in [2.05, 4.69) is 15.0 Å². The fourth-order valence-electron chi connectivity index (χ4n) is 2.72. The van der Waals surface area contributed by atoms with Crippen molar-refractivity contribution in [2.75, 3.05) is 12.9 Å². The van der Waals surface area contributed by atoms with E-state index < -0.39 is 34.1 Å². The van der Waals surface area contributed by atoms with E-state index in [0.717, 1.165) is 18.4 Å². The molecule has 3 heterocycles. The van der Waals surface area contributed by atoms with Crippen molar-refractivity contribution < 1.29 is 39.9 Å². The lowest BCUT2D eigenvalue weighted by molar-refractivity contribution is -0.141. The Bertz CT molecular complexity index is 1280. The second-order valence-corrected chi connectivity index (χ2v) is 8.90. The third-order valence-corrected chi connectivity index (χ3v) is 5.41. The van der Waals surface area contributed by atoms with Crippen LogP contribution in [-0.4, -0.2) is 42.2 Å². The molecular weight excluding hydrogens is 497 g/mol. The van der Waals surface area contributed by atoms with Crippen LogP contribution < -0.4 is 0 Å². The molecular formula is C22H20F5N3O4S. The predicted octanol–water partition coefficient (Wildman–Crippen LogP) is 5.07. The number of carbonyl (C=O) groups excluding carboxylic acids is 1. The third kappa shape index (κ3) is 7.50. The van der Waals surface area contributed by atoms with Gasteiger partial charge in [0, 0.05) is 12.5 Å². The maximum Gasteiger partial charge on any atom is 0.433 e. The van der Waals surface area contributed by atoms with Gasteiger partial charge in [0.1, 0.15) is 17.1 Å². The molecule has 0 aliphatic carbocycles.